The molecular formula is C19H30N4O2S. The summed E-state index contributed by atoms with van der Waals surface area (Å²) in [5.74, 6) is 0.587. The van der Waals surface area contributed by atoms with Crippen molar-refractivity contribution in [1.82, 2.24) is 10.2 Å². The molecule has 1 aliphatic heterocycles. The number of rotatable bonds is 5. The van der Waals surface area contributed by atoms with Crippen molar-refractivity contribution in [2.24, 2.45) is 11.7 Å². The van der Waals surface area contributed by atoms with Crippen LogP contribution >= 0.6 is 12.2 Å². The first-order valence-corrected chi connectivity index (χ1v) is 9.48. The number of nitrogens with zero attached hydrogens (tertiary/aromatic N) is 1. The van der Waals surface area contributed by atoms with Gasteiger partial charge >= 0.3 is 6.09 Å². The van der Waals surface area contributed by atoms with Gasteiger partial charge < -0.3 is 26.0 Å². The maximum Gasteiger partial charge on any atom is 0.410 e. The molecule has 0 radical (unpaired) electrons. The molecule has 4 N–H and O–H groups in total. The van der Waals surface area contributed by atoms with Crippen molar-refractivity contribution in [3.05, 3.63) is 29.8 Å². The molecule has 0 unspecified atom stereocenters. The molecule has 1 amide bonds. The Bertz CT molecular complexity index is 605. The number of likely N-dealkylation sites (tertiary alicyclic amines) is 1. The molecule has 1 heterocycles. The van der Waals surface area contributed by atoms with Gasteiger partial charge in [0.05, 0.1) is 0 Å². The van der Waals surface area contributed by atoms with Crippen LogP contribution in [0.15, 0.2) is 24.3 Å². The second-order valence-corrected chi connectivity index (χ2v) is 8.17. The van der Waals surface area contributed by atoms with Gasteiger partial charge in [0.2, 0.25) is 0 Å². The van der Waals surface area contributed by atoms with Gasteiger partial charge in [0.1, 0.15) is 5.60 Å². The molecule has 0 spiro atoms. The predicted octanol–water partition coefficient (Wildman–Crippen LogP) is 3.08. The van der Waals surface area contributed by atoms with Gasteiger partial charge in [-0.05, 0) is 76.0 Å². The topological polar surface area (TPSA) is 79.6 Å². The van der Waals surface area contributed by atoms with E-state index in [1.54, 1.807) is 0 Å². The Labute approximate surface area is 161 Å². The Balaban J connectivity index is 1.67. The number of piperidine rings is 1. The van der Waals surface area contributed by atoms with E-state index in [-0.39, 0.29) is 11.2 Å². The van der Waals surface area contributed by atoms with E-state index in [2.05, 4.69) is 22.8 Å². The van der Waals surface area contributed by atoms with Crippen LogP contribution < -0.4 is 16.4 Å². The lowest BCUT2D eigenvalue weighted by molar-refractivity contribution is 0.0184. The van der Waals surface area contributed by atoms with Gasteiger partial charge in [-0.15, -0.1) is 0 Å². The van der Waals surface area contributed by atoms with Gasteiger partial charge in [-0.25, -0.2) is 4.79 Å². The van der Waals surface area contributed by atoms with Crippen LogP contribution in [0.1, 0.15) is 39.2 Å². The molecule has 0 saturated carbocycles. The summed E-state index contributed by atoms with van der Waals surface area (Å²) < 4.78 is 5.44. The number of nitrogens with one attached hydrogen (secondary N) is 2. The summed E-state index contributed by atoms with van der Waals surface area (Å²) in [4.78, 5) is 13.9. The van der Waals surface area contributed by atoms with Crippen molar-refractivity contribution >= 4 is 29.1 Å². The quantitative estimate of drug-likeness (QED) is 0.684. The highest BCUT2D eigenvalue weighted by atomic mass is 32.1. The standard InChI is InChI=1S/C19H30N4O2S/c1-19(2,3)25-18(24)23-10-8-15(9-11-23)13-21-12-14-4-6-16(7-5-14)22-17(20)26/h4-7,15,21H,8-13H2,1-3H3,(H3,20,22,26). The first-order valence-electron chi connectivity index (χ1n) is 9.07. The molecule has 2 rings (SSSR count). The number of hydrogen-bond acceptors (Lipinski definition) is 4. The monoisotopic (exact) mass is 378 g/mol. The second-order valence-electron chi connectivity index (χ2n) is 7.73. The molecule has 1 aromatic carbocycles. The summed E-state index contributed by atoms with van der Waals surface area (Å²) in [6, 6.07) is 8.04. The van der Waals surface area contributed by atoms with Crippen molar-refractivity contribution in [1.29, 1.82) is 0 Å². The lowest BCUT2D eigenvalue weighted by Crippen LogP contribution is -2.43. The number of thiocarbonyl (C=S) groups is 1. The smallest absolute Gasteiger partial charge is 0.410 e. The van der Waals surface area contributed by atoms with Crippen LogP contribution in [0.3, 0.4) is 0 Å². The Morgan fingerprint density at radius 1 is 1.27 bits per heavy atom. The van der Waals surface area contributed by atoms with Gasteiger partial charge in [-0.3, -0.25) is 0 Å². The van der Waals surface area contributed by atoms with Gasteiger partial charge in [0, 0.05) is 25.3 Å². The van der Waals surface area contributed by atoms with E-state index in [1.165, 1.54) is 5.56 Å². The number of hydrogen-bond donors (Lipinski definition) is 3. The number of ether oxygens (including phenoxy) is 1. The zero-order chi connectivity index (χ0) is 19.2. The fourth-order valence-electron chi connectivity index (χ4n) is 2.91. The summed E-state index contributed by atoms with van der Waals surface area (Å²) >= 11 is 4.82. The number of nitrogens with two attached hydrogens (primary N) is 1. The highest BCUT2D eigenvalue weighted by Crippen LogP contribution is 2.19. The molecule has 1 aromatic rings. The van der Waals surface area contributed by atoms with Crippen molar-refractivity contribution in [2.45, 2.75) is 45.8 Å². The van der Waals surface area contributed by atoms with Gasteiger partial charge in [0.25, 0.3) is 0 Å². The summed E-state index contributed by atoms with van der Waals surface area (Å²) in [5.41, 5.74) is 7.14. The van der Waals surface area contributed by atoms with Crippen LogP contribution in [-0.4, -0.2) is 41.3 Å². The van der Waals surface area contributed by atoms with Crippen LogP contribution in [-0.2, 0) is 11.3 Å². The first kappa shape index (κ1) is 20.5. The van der Waals surface area contributed by atoms with E-state index in [4.69, 9.17) is 22.7 Å². The van der Waals surface area contributed by atoms with Gasteiger partial charge in [-0.2, -0.15) is 0 Å². The largest absolute Gasteiger partial charge is 0.444 e. The van der Waals surface area contributed by atoms with Crippen molar-refractivity contribution in [2.75, 3.05) is 25.0 Å². The van der Waals surface area contributed by atoms with Gasteiger partial charge in [-0.1, -0.05) is 12.1 Å². The molecule has 1 fully saturated rings. The Hall–Kier alpha value is -1.86. The molecule has 7 heteroatoms. The molecule has 0 atom stereocenters. The van der Waals surface area contributed by atoms with Crippen LogP contribution in [0.25, 0.3) is 0 Å². The minimum absolute atomic E-state index is 0.199. The lowest BCUT2D eigenvalue weighted by atomic mass is 9.97. The highest BCUT2D eigenvalue weighted by Gasteiger charge is 2.26. The maximum atomic E-state index is 12.1. The van der Waals surface area contributed by atoms with Crippen molar-refractivity contribution < 1.29 is 9.53 Å². The number of anilines is 1. The third-order valence-corrected chi connectivity index (χ3v) is 4.35. The summed E-state index contributed by atoms with van der Waals surface area (Å²) in [6.07, 6.45) is 1.81. The molecule has 144 valence electrons. The number of benzene rings is 1. The van der Waals surface area contributed by atoms with Crippen LogP contribution in [0.5, 0.6) is 0 Å². The first-order chi connectivity index (χ1) is 12.2. The SMILES string of the molecule is CC(C)(C)OC(=O)N1CCC(CNCc2ccc(NC(N)=S)cc2)CC1. The average Bonchev–Trinajstić information content (AvgIpc) is 2.55. The molecule has 0 bridgehead atoms. The van der Waals surface area contributed by atoms with E-state index in [0.717, 1.165) is 44.7 Å². The number of amides is 1. The molecule has 0 aromatic heterocycles. The Kier molecular flexibility index (Phi) is 7.23. The Morgan fingerprint density at radius 3 is 2.42 bits per heavy atom. The van der Waals surface area contributed by atoms with Crippen LogP contribution in [0.2, 0.25) is 0 Å². The minimum Gasteiger partial charge on any atom is -0.444 e. The zero-order valence-electron chi connectivity index (χ0n) is 15.9. The number of carbonyl (C=O) groups excluding carboxylic acids is 1. The molecule has 1 aliphatic rings. The zero-order valence-corrected chi connectivity index (χ0v) is 16.7. The van der Waals surface area contributed by atoms with Crippen molar-refractivity contribution in [3.63, 3.8) is 0 Å². The fourth-order valence-corrected chi connectivity index (χ4v) is 3.03. The van der Waals surface area contributed by atoms with Crippen LogP contribution in [0, 0.1) is 5.92 Å². The number of carbonyl (C=O) groups is 1. The third-order valence-electron chi connectivity index (χ3n) is 4.25. The van der Waals surface area contributed by atoms with E-state index in [1.807, 2.05) is 37.8 Å². The molecule has 26 heavy (non-hydrogen) atoms. The second kappa shape index (κ2) is 9.19. The normalized spacial score (nSPS) is 15.6. The Morgan fingerprint density at radius 2 is 1.88 bits per heavy atom. The highest BCUT2D eigenvalue weighted by molar-refractivity contribution is 7.80. The minimum atomic E-state index is -0.435. The van der Waals surface area contributed by atoms with E-state index >= 15 is 0 Å². The van der Waals surface area contributed by atoms with E-state index in [9.17, 15) is 4.79 Å². The third kappa shape index (κ3) is 7.17. The average molecular weight is 379 g/mol. The maximum absolute atomic E-state index is 12.1. The molecule has 0 aliphatic carbocycles. The molecular weight excluding hydrogens is 348 g/mol. The summed E-state index contributed by atoms with van der Waals surface area (Å²) in [7, 11) is 0. The van der Waals surface area contributed by atoms with E-state index < -0.39 is 5.60 Å². The molecule has 1 saturated heterocycles. The van der Waals surface area contributed by atoms with E-state index in [0.29, 0.717) is 5.92 Å². The van der Waals surface area contributed by atoms with Gasteiger partial charge in [0.15, 0.2) is 5.11 Å². The predicted molar refractivity (Wildman–Crippen MR) is 109 cm³/mol. The molecule has 6 nitrogen and oxygen atoms in total. The lowest BCUT2D eigenvalue weighted by Gasteiger charge is -2.33. The fraction of sp³-hybridized carbons (Fsp3) is 0.579. The summed E-state index contributed by atoms with van der Waals surface area (Å²) in [6.45, 7) is 8.99. The van der Waals surface area contributed by atoms with Crippen molar-refractivity contribution in [3.8, 4) is 0 Å². The van der Waals surface area contributed by atoms with Crippen LogP contribution in [0.4, 0.5) is 10.5 Å². The summed E-state index contributed by atoms with van der Waals surface area (Å²) in [5, 5.41) is 6.69.